The van der Waals surface area contributed by atoms with Crippen molar-refractivity contribution in [2.24, 2.45) is 5.92 Å². The van der Waals surface area contributed by atoms with Crippen molar-refractivity contribution in [2.45, 2.75) is 46.5 Å². The second-order valence-electron chi connectivity index (χ2n) is 5.42. The van der Waals surface area contributed by atoms with Crippen molar-refractivity contribution in [3.05, 3.63) is 28.2 Å². The quantitative estimate of drug-likeness (QED) is 0.709. The highest BCUT2D eigenvalue weighted by Gasteiger charge is 2.09. The molecule has 1 aromatic carbocycles. The molecule has 0 heterocycles. The van der Waals surface area contributed by atoms with E-state index >= 15 is 0 Å². The van der Waals surface area contributed by atoms with E-state index in [2.05, 4.69) is 35.1 Å². The van der Waals surface area contributed by atoms with Gasteiger partial charge < -0.3 is 10.1 Å². The summed E-state index contributed by atoms with van der Waals surface area (Å²) in [4.78, 5) is 11.8. The van der Waals surface area contributed by atoms with Crippen molar-refractivity contribution in [1.29, 1.82) is 0 Å². The van der Waals surface area contributed by atoms with E-state index in [-0.39, 0.29) is 12.5 Å². The van der Waals surface area contributed by atoms with Crippen molar-refractivity contribution in [1.82, 2.24) is 5.32 Å². The lowest BCUT2D eigenvalue weighted by molar-refractivity contribution is -0.123. The van der Waals surface area contributed by atoms with E-state index in [0.717, 1.165) is 28.8 Å². The summed E-state index contributed by atoms with van der Waals surface area (Å²) in [6.45, 7) is 7.19. The lowest BCUT2D eigenvalue weighted by Crippen LogP contribution is -2.33. The van der Waals surface area contributed by atoms with Gasteiger partial charge >= 0.3 is 0 Å². The van der Waals surface area contributed by atoms with E-state index in [4.69, 9.17) is 4.74 Å². The van der Waals surface area contributed by atoms with Crippen molar-refractivity contribution in [3.63, 3.8) is 0 Å². The zero-order chi connectivity index (χ0) is 15.7. The Hall–Kier alpha value is -1.03. The second-order valence-corrected chi connectivity index (χ2v) is 6.27. The maximum absolute atomic E-state index is 11.8. The zero-order valence-corrected chi connectivity index (χ0v) is 14.8. The minimum absolute atomic E-state index is 0.0504. The fourth-order valence-corrected chi connectivity index (χ4v) is 2.36. The molecule has 21 heavy (non-hydrogen) atoms. The third-order valence-electron chi connectivity index (χ3n) is 3.63. The van der Waals surface area contributed by atoms with Crippen LogP contribution in [-0.4, -0.2) is 19.1 Å². The molecule has 0 radical (unpaired) electrons. The molecule has 1 atom stereocenters. The normalized spacial score (nSPS) is 12.0. The van der Waals surface area contributed by atoms with Crippen molar-refractivity contribution < 1.29 is 9.53 Å². The van der Waals surface area contributed by atoms with E-state index < -0.39 is 0 Å². The summed E-state index contributed by atoms with van der Waals surface area (Å²) in [5.41, 5.74) is 1.10. The number of carbonyl (C=O) groups is 1. The first-order chi connectivity index (χ1) is 10.1. The number of aryl methyl sites for hydroxylation is 1. The maximum atomic E-state index is 11.8. The first kappa shape index (κ1) is 18.0. The highest BCUT2D eigenvalue weighted by molar-refractivity contribution is 9.10. The fourth-order valence-electron chi connectivity index (χ4n) is 2.11. The van der Waals surface area contributed by atoms with E-state index in [1.54, 1.807) is 0 Å². The van der Waals surface area contributed by atoms with Gasteiger partial charge in [0, 0.05) is 11.0 Å². The lowest BCUT2D eigenvalue weighted by atomic mass is 9.99. The van der Waals surface area contributed by atoms with Crippen LogP contribution in [0.2, 0.25) is 0 Å². The number of amides is 1. The average Bonchev–Trinajstić information content (AvgIpc) is 2.48. The summed E-state index contributed by atoms with van der Waals surface area (Å²) >= 11 is 3.44. The summed E-state index contributed by atoms with van der Waals surface area (Å²) < 4.78 is 6.56. The Morgan fingerprint density at radius 3 is 2.76 bits per heavy atom. The first-order valence-electron chi connectivity index (χ1n) is 7.72. The largest absolute Gasteiger partial charge is 0.484 e. The number of unbranched alkanes of at least 4 members (excludes halogenated alkanes) is 1. The lowest BCUT2D eigenvalue weighted by Gasteiger charge is -2.15. The summed E-state index contributed by atoms with van der Waals surface area (Å²) in [7, 11) is 0. The van der Waals surface area contributed by atoms with E-state index in [9.17, 15) is 4.79 Å². The topological polar surface area (TPSA) is 38.3 Å². The Morgan fingerprint density at radius 2 is 2.14 bits per heavy atom. The smallest absolute Gasteiger partial charge is 0.257 e. The molecule has 1 amide bonds. The molecule has 0 fully saturated rings. The summed E-state index contributed by atoms with van der Waals surface area (Å²) in [6.07, 6.45) is 4.71. The predicted octanol–water partition coefficient (Wildman–Crippen LogP) is 4.47. The number of benzene rings is 1. The molecule has 0 spiro atoms. The van der Waals surface area contributed by atoms with Crippen LogP contribution in [-0.2, 0) is 4.79 Å². The predicted molar refractivity (Wildman–Crippen MR) is 90.7 cm³/mol. The SMILES string of the molecule is CCCC[C@@H](CC)CNC(=O)COc1ccc(Br)c(C)c1. The van der Waals surface area contributed by atoms with Gasteiger partial charge in [0.25, 0.3) is 5.91 Å². The molecule has 1 rings (SSSR count). The fraction of sp³-hybridized carbons (Fsp3) is 0.588. The van der Waals surface area contributed by atoms with Gasteiger partial charge in [0.2, 0.25) is 0 Å². The Kier molecular flexibility index (Phi) is 8.43. The number of hydrogen-bond donors (Lipinski definition) is 1. The summed E-state index contributed by atoms with van der Waals surface area (Å²) in [6, 6.07) is 5.72. The van der Waals surface area contributed by atoms with Crippen LogP contribution in [0.4, 0.5) is 0 Å². The molecule has 0 bridgehead atoms. The number of rotatable bonds is 9. The van der Waals surface area contributed by atoms with E-state index in [0.29, 0.717) is 5.92 Å². The van der Waals surface area contributed by atoms with Crippen LogP contribution in [0.15, 0.2) is 22.7 Å². The number of hydrogen-bond acceptors (Lipinski definition) is 2. The van der Waals surface area contributed by atoms with Crippen LogP contribution in [0.1, 0.15) is 45.1 Å². The molecule has 3 nitrogen and oxygen atoms in total. The second kappa shape index (κ2) is 9.82. The van der Waals surface area contributed by atoms with Gasteiger partial charge in [-0.15, -0.1) is 0 Å². The van der Waals surface area contributed by atoms with Crippen molar-refractivity contribution >= 4 is 21.8 Å². The van der Waals surface area contributed by atoms with Gasteiger partial charge in [-0.25, -0.2) is 0 Å². The molecule has 0 saturated heterocycles. The highest BCUT2D eigenvalue weighted by atomic mass is 79.9. The Bertz CT molecular complexity index is 448. The molecule has 4 heteroatoms. The zero-order valence-electron chi connectivity index (χ0n) is 13.2. The number of nitrogens with one attached hydrogen (secondary N) is 1. The number of halogens is 1. The summed E-state index contributed by atoms with van der Waals surface area (Å²) in [5, 5.41) is 2.97. The minimum atomic E-state index is -0.0504. The molecule has 0 aliphatic carbocycles. The molecular formula is C17H26BrNO2. The Balaban J connectivity index is 2.31. The average molecular weight is 356 g/mol. The van der Waals surface area contributed by atoms with Gasteiger partial charge in [-0.2, -0.15) is 0 Å². The van der Waals surface area contributed by atoms with E-state index in [1.807, 2.05) is 25.1 Å². The number of ether oxygens (including phenoxy) is 1. The maximum Gasteiger partial charge on any atom is 0.257 e. The van der Waals surface area contributed by atoms with Gasteiger partial charge in [0.05, 0.1) is 0 Å². The van der Waals surface area contributed by atoms with Gasteiger partial charge in [-0.3, -0.25) is 4.79 Å². The third-order valence-corrected chi connectivity index (χ3v) is 4.52. The molecule has 0 aliphatic heterocycles. The van der Waals surface area contributed by atoms with Crippen molar-refractivity contribution in [3.8, 4) is 5.75 Å². The molecule has 0 saturated carbocycles. The standard InChI is InChI=1S/C17H26BrNO2/c1-4-6-7-14(5-2)11-19-17(20)12-21-15-8-9-16(18)13(3)10-15/h8-10,14H,4-7,11-12H2,1-3H3,(H,19,20)/t14-/m1/s1. The number of carbonyl (C=O) groups excluding carboxylic acids is 1. The third kappa shape index (κ3) is 6.98. The van der Waals surface area contributed by atoms with Gasteiger partial charge in [0.1, 0.15) is 5.75 Å². The first-order valence-corrected chi connectivity index (χ1v) is 8.51. The van der Waals surface area contributed by atoms with Gasteiger partial charge in [0.15, 0.2) is 6.61 Å². The molecule has 0 aliphatic rings. The highest BCUT2D eigenvalue weighted by Crippen LogP contribution is 2.21. The Labute approximate surface area is 136 Å². The van der Waals surface area contributed by atoms with Crippen LogP contribution in [0.5, 0.6) is 5.75 Å². The molecule has 1 aromatic rings. The Morgan fingerprint density at radius 1 is 1.38 bits per heavy atom. The van der Waals surface area contributed by atoms with Gasteiger partial charge in [-0.05, 0) is 43.0 Å². The minimum Gasteiger partial charge on any atom is -0.484 e. The monoisotopic (exact) mass is 355 g/mol. The van der Waals surface area contributed by atoms with E-state index in [1.165, 1.54) is 19.3 Å². The molecule has 0 unspecified atom stereocenters. The van der Waals surface area contributed by atoms with Crippen LogP contribution in [0.3, 0.4) is 0 Å². The molecule has 118 valence electrons. The van der Waals surface area contributed by atoms with Crippen LogP contribution >= 0.6 is 15.9 Å². The van der Waals surface area contributed by atoms with Gasteiger partial charge in [-0.1, -0.05) is 49.0 Å². The van der Waals surface area contributed by atoms with Crippen LogP contribution in [0.25, 0.3) is 0 Å². The van der Waals surface area contributed by atoms with Crippen molar-refractivity contribution in [2.75, 3.05) is 13.2 Å². The molecule has 0 aromatic heterocycles. The van der Waals surface area contributed by atoms with Crippen LogP contribution in [0, 0.1) is 12.8 Å². The molecular weight excluding hydrogens is 330 g/mol. The van der Waals surface area contributed by atoms with Crippen LogP contribution < -0.4 is 10.1 Å². The molecule has 1 N–H and O–H groups in total. The summed E-state index contributed by atoms with van der Waals surface area (Å²) in [5.74, 6) is 1.25.